The number of nitrogens with one attached hydrogen (secondary N) is 2. The van der Waals surface area contributed by atoms with Crippen molar-refractivity contribution < 1.29 is 53.5 Å². The molecule has 2 N–H and O–H groups in total. The Morgan fingerprint density at radius 1 is 0.950 bits per heavy atom. The second kappa shape index (κ2) is 12.2. The molecule has 0 aromatic heterocycles. The van der Waals surface area contributed by atoms with E-state index in [-0.39, 0.29) is 27.8 Å². The summed E-state index contributed by atoms with van der Waals surface area (Å²) in [7, 11) is 0. The standard InChI is InChI=1S/C24H18Cl2F10N2O2/c1-10-5-13(7-17(25)20(10)26)15(23(31,32)33)8-18(27)12-3-4-14(16(6-12)24(34,35)36)21(40)38-11(2)37-19(39)9-22(28,29)30/h3-8,11,15H,9H2,1-2H3,(H,37,39)(H,38,40)/b18-8-/t11-,15?/m1/s1. The molecule has 0 spiro atoms. The fraction of sp³-hybridized carbons (Fsp3) is 0.333. The predicted molar refractivity (Wildman–Crippen MR) is 126 cm³/mol. The summed E-state index contributed by atoms with van der Waals surface area (Å²) in [6, 6.07) is 3.00. The van der Waals surface area contributed by atoms with Crippen LogP contribution in [0.5, 0.6) is 0 Å². The van der Waals surface area contributed by atoms with Crippen LogP contribution in [0.1, 0.15) is 51.9 Å². The minimum absolute atomic E-state index is 0.0342. The molecular weight excluding hydrogens is 609 g/mol. The van der Waals surface area contributed by atoms with Crippen LogP contribution in [0.3, 0.4) is 0 Å². The van der Waals surface area contributed by atoms with Crippen LogP contribution in [-0.2, 0) is 11.0 Å². The Balaban J connectivity index is 2.44. The number of amides is 2. The van der Waals surface area contributed by atoms with E-state index in [1.165, 1.54) is 6.92 Å². The van der Waals surface area contributed by atoms with Gasteiger partial charge in [0, 0.05) is 5.56 Å². The summed E-state index contributed by atoms with van der Waals surface area (Å²) in [5.41, 5.74) is -4.25. The zero-order valence-electron chi connectivity index (χ0n) is 20.2. The molecule has 0 aliphatic rings. The van der Waals surface area contributed by atoms with Crippen LogP contribution in [-0.4, -0.2) is 30.3 Å². The molecule has 0 radical (unpaired) electrons. The minimum Gasteiger partial charge on any atom is -0.336 e. The smallest absolute Gasteiger partial charge is 0.336 e. The number of carbonyl (C=O) groups is 2. The summed E-state index contributed by atoms with van der Waals surface area (Å²) in [5.74, 6) is -7.44. The lowest BCUT2D eigenvalue weighted by molar-refractivity contribution is -0.154. The van der Waals surface area contributed by atoms with Gasteiger partial charge in [-0.15, -0.1) is 0 Å². The second-order valence-corrected chi connectivity index (χ2v) is 9.27. The maximum Gasteiger partial charge on any atom is 0.417 e. The number of alkyl halides is 9. The van der Waals surface area contributed by atoms with Gasteiger partial charge in [0.2, 0.25) is 5.91 Å². The molecule has 0 bridgehead atoms. The summed E-state index contributed by atoms with van der Waals surface area (Å²) in [6.07, 6.45) is -18.7. The molecule has 2 amide bonds. The Morgan fingerprint density at radius 2 is 1.55 bits per heavy atom. The average Bonchev–Trinajstić information content (AvgIpc) is 2.77. The first kappa shape index (κ1) is 33.2. The van der Waals surface area contributed by atoms with Crippen molar-refractivity contribution in [2.75, 3.05) is 0 Å². The molecule has 0 saturated carbocycles. The highest BCUT2D eigenvalue weighted by Gasteiger charge is 2.41. The first-order valence-corrected chi connectivity index (χ1v) is 11.6. The SMILES string of the molecule is Cc1cc(C(/C=C(\F)c2ccc(C(=O)N[C@H](C)NC(=O)CC(F)(F)F)c(C(F)(F)F)c2)C(F)(F)F)cc(Cl)c1Cl. The molecule has 0 saturated heterocycles. The molecule has 2 atom stereocenters. The lowest BCUT2D eigenvalue weighted by Crippen LogP contribution is -2.47. The lowest BCUT2D eigenvalue weighted by atomic mass is 9.94. The Bertz CT molecular complexity index is 1280. The van der Waals surface area contributed by atoms with Crippen LogP contribution >= 0.6 is 23.2 Å². The molecule has 2 rings (SSSR count). The molecule has 40 heavy (non-hydrogen) atoms. The third-order valence-electron chi connectivity index (χ3n) is 5.19. The lowest BCUT2D eigenvalue weighted by Gasteiger charge is -2.20. The number of benzene rings is 2. The predicted octanol–water partition coefficient (Wildman–Crippen LogP) is 8.12. The molecule has 2 aromatic carbocycles. The molecular formula is C24H18Cl2F10N2O2. The van der Waals surface area contributed by atoms with Crippen LogP contribution in [0.2, 0.25) is 10.0 Å². The molecule has 0 aliphatic carbocycles. The van der Waals surface area contributed by atoms with Gasteiger partial charge in [-0.2, -0.15) is 39.5 Å². The number of allylic oxidation sites excluding steroid dienone is 1. The summed E-state index contributed by atoms with van der Waals surface area (Å²) in [5, 5.41) is 3.25. The molecule has 220 valence electrons. The molecule has 0 aliphatic heterocycles. The number of hydrogen-bond donors (Lipinski definition) is 2. The van der Waals surface area contributed by atoms with Gasteiger partial charge in [0.25, 0.3) is 5.91 Å². The quantitative estimate of drug-likeness (QED) is 0.241. The summed E-state index contributed by atoms with van der Waals surface area (Å²) in [6.45, 7) is 2.31. The molecule has 0 heterocycles. The van der Waals surface area contributed by atoms with Crippen molar-refractivity contribution in [1.82, 2.24) is 10.6 Å². The second-order valence-electron chi connectivity index (χ2n) is 8.48. The highest BCUT2D eigenvalue weighted by Crippen LogP contribution is 2.42. The van der Waals surface area contributed by atoms with E-state index in [9.17, 15) is 53.5 Å². The van der Waals surface area contributed by atoms with E-state index in [4.69, 9.17) is 23.2 Å². The highest BCUT2D eigenvalue weighted by atomic mass is 35.5. The summed E-state index contributed by atoms with van der Waals surface area (Å²) >= 11 is 11.7. The van der Waals surface area contributed by atoms with Gasteiger partial charge in [0.05, 0.1) is 27.3 Å². The molecule has 1 unspecified atom stereocenters. The number of aryl methyl sites for hydroxylation is 1. The van der Waals surface area contributed by atoms with Crippen LogP contribution < -0.4 is 10.6 Å². The van der Waals surface area contributed by atoms with Gasteiger partial charge in [0.15, 0.2) is 0 Å². The van der Waals surface area contributed by atoms with Crippen LogP contribution in [0, 0.1) is 6.92 Å². The fourth-order valence-electron chi connectivity index (χ4n) is 3.47. The fourth-order valence-corrected chi connectivity index (χ4v) is 3.85. The molecule has 16 heteroatoms. The maximum absolute atomic E-state index is 15.0. The number of hydrogen-bond acceptors (Lipinski definition) is 2. The largest absolute Gasteiger partial charge is 0.417 e. The highest BCUT2D eigenvalue weighted by molar-refractivity contribution is 6.42. The zero-order chi connectivity index (χ0) is 30.8. The minimum atomic E-state index is -5.31. The van der Waals surface area contributed by atoms with E-state index in [1.807, 2.05) is 5.32 Å². The molecule has 2 aromatic rings. The first-order chi connectivity index (χ1) is 18.1. The Labute approximate surface area is 230 Å². The maximum atomic E-state index is 15.0. The first-order valence-electron chi connectivity index (χ1n) is 10.9. The van der Waals surface area contributed by atoms with E-state index in [0.29, 0.717) is 12.1 Å². The topological polar surface area (TPSA) is 58.2 Å². The van der Waals surface area contributed by atoms with E-state index >= 15 is 0 Å². The van der Waals surface area contributed by atoms with Gasteiger partial charge < -0.3 is 10.6 Å². The van der Waals surface area contributed by atoms with Gasteiger partial charge in [-0.3, -0.25) is 9.59 Å². The van der Waals surface area contributed by atoms with Crippen LogP contribution in [0.4, 0.5) is 43.9 Å². The Kier molecular flexibility index (Phi) is 10.2. The van der Waals surface area contributed by atoms with Crippen molar-refractivity contribution in [3.05, 3.63) is 74.3 Å². The van der Waals surface area contributed by atoms with E-state index in [0.717, 1.165) is 19.1 Å². The van der Waals surface area contributed by atoms with Crippen molar-refractivity contribution in [2.24, 2.45) is 0 Å². The third-order valence-corrected chi connectivity index (χ3v) is 6.09. The van der Waals surface area contributed by atoms with Gasteiger partial charge in [-0.05, 0) is 49.2 Å². The Hall–Kier alpha value is -3.00. The normalized spacial score (nSPS) is 14.5. The Morgan fingerprint density at radius 3 is 2.05 bits per heavy atom. The van der Waals surface area contributed by atoms with E-state index in [2.05, 4.69) is 0 Å². The zero-order valence-corrected chi connectivity index (χ0v) is 21.7. The van der Waals surface area contributed by atoms with Crippen LogP contribution in [0.25, 0.3) is 5.83 Å². The van der Waals surface area contributed by atoms with Crippen LogP contribution in [0.15, 0.2) is 36.4 Å². The van der Waals surface area contributed by atoms with Crippen molar-refractivity contribution >= 4 is 40.8 Å². The average molecular weight is 627 g/mol. The summed E-state index contributed by atoms with van der Waals surface area (Å²) in [4.78, 5) is 23.7. The number of carbonyl (C=O) groups excluding carboxylic acids is 2. The molecule has 0 fully saturated rings. The van der Waals surface area contributed by atoms with Gasteiger partial charge in [-0.1, -0.05) is 35.3 Å². The summed E-state index contributed by atoms with van der Waals surface area (Å²) < 4.78 is 134. The van der Waals surface area contributed by atoms with Gasteiger partial charge in [-0.25, -0.2) is 4.39 Å². The number of rotatable bonds is 7. The van der Waals surface area contributed by atoms with Crippen molar-refractivity contribution in [3.8, 4) is 0 Å². The third kappa shape index (κ3) is 9.01. The van der Waals surface area contributed by atoms with Crippen molar-refractivity contribution in [3.63, 3.8) is 0 Å². The molecule has 4 nitrogen and oxygen atoms in total. The van der Waals surface area contributed by atoms with E-state index < -0.39 is 76.9 Å². The number of halogens is 12. The van der Waals surface area contributed by atoms with Gasteiger partial charge >= 0.3 is 18.5 Å². The van der Waals surface area contributed by atoms with Crippen molar-refractivity contribution in [2.45, 2.75) is 50.9 Å². The monoisotopic (exact) mass is 626 g/mol. The van der Waals surface area contributed by atoms with Crippen molar-refractivity contribution in [1.29, 1.82) is 0 Å². The van der Waals surface area contributed by atoms with Gasteiger partial charge in [0.1, 0.15) is 18.2 Å². The van der Waals surface area contributed by atoms with E-state index in [1.54, 1.807) is 5.32 Å².